The van der Waals surface area contributed by atoms with E-state index in [1.54, 1.807) is 53.4 Å². The van der Waals surface area contributed by atoms with E-state index in [9.17, 15) is 19.4 Å². The number of aromatic nitrogens is 2. The Morgan fingerprint density at radius 1 is 1.06 bits per heavy atom. The summed E-state index contributed by atoms with van der Waals surface area (Å²) < 4.78 is 13.4. The Labute approximate surface area is 187 Å². The number of nitrogens with one attached hydrogen (secondary N) is 1. The van der Waals surface area contributed by atoms with Crippen LogP contribution in [0.3, 0.4) is 0 Å². The van der Waals surface area contributed by atoms with Gasteiger partial charge in [0.1, 0.15) is 28.7 Å². The van der Waals surface area contributed by atoms with Gasteiger partial charge in [-0.25, -0.2) is 4.39 Å². The number of H-pyrrole nitrogens is 1. The van der Waals surface area contributed by atoms with Crippen LogP contribution in [0.15, 0.2) is 66.7 Å². The third-order valence-electron chi connectivity index (χ3n) is 5.53. The number of aromatic amines is 1. The molecule has 5 rings (SSSR count). The van der Waals surface area contributed by atoms with Crippen molar-refractivity contribution in [1.29, 1.82) is 0 Å². The summed E-state index contributed by atoms with van der Waals surface area (Å²) in [5.74, 6) is -0.624. The molecule has 1 aliphatic heterocycles. The molecule has 0 saturated heterocycles. The average molecular weight is 450 g/mol. The zero-order chi connectivity index (χ0) is 22.4. The van der Waals surface area contributed by atoms with Crippen molar-refractivity contribution in [1.82, 2.24) is 15.1 Å². The summed E-state index contributed by atoms with van der Waals surface area (Å²) in [4.78, 5) is 15.0. The fourth-order valence-corrected chi connectivity index (χ4v) is 4.26. The number of halogens is 2. The normalized spacial score (nSPS) is 15.2. The first-order valence-corrected chi connectivity index (χ1v) is 10.2. The first-order chi connectivity index (χ1) is 15.4. The number of rotatable bonds is 4. The van der Waals surface area contributed by atoms with Crippen molar-refractivity contribution in [2.24, 2.45) is 0 Å². The molecule has 4 aromatic rings. The van der Waals surface area contributed by atoms with Crippen LogP contribution in [0.1, 0.15) is 33.2 Å². The number of nitrogens with zero attached hydrogens (tertiary/aromatic N) is 2. The predicted octanol–water partition coefficient (Wildman–Crippen LogP) is 5.03. The maximum atomic E-state index is 13.4. The highest BCUT2D eigenvalue weighted by Gasteiger charge is 2.42. The number of hydrogen-bond acceptors (Lipinski definition) is 4. The molecule has 0 radical (unpaired) electrons. The van der Waals surface area contributed by atoms with Gasteiger partial charge in [-0.15, -0.1) is 0 Å². The predicted molar refractivity (Wildman–Crippen MR) is 117 cm³/mol. The third-order valence-corrected chi connectivity index (χ3v) is 5.76. The van der Waals surface area contributed by atoms with Gasteiger partial charge < -0.3 is 15.1 Å². The highest BCUT2D eigenvalue weighted by molar-refractivity contribution is 6.31. The van der Waals surface area contributed by atoms with E-state index in [4.69, 9.17) is 11.6 Å². The highest BCUT2D eigenvalue weighted by Crippen LogP contribution is 2.45. The fraction of sp³-hybridized carbons (Fsp3) is 0.0833. The van der Waals surface area contributed by atoms with E-state index in [1.165, 1.54) is 18.2 Å². The molecule has 6 nitrogen and oxygen atoms in total. The van der Waals surface area contributed by atoms with Gasteiger partial charge >= 0.3 is 0 Å². The molecule has 3 aromatic carbocycles. The Kier molecular flexibility index (Phi) is 4.83. The van der Waals surface area contributed by atoms with Crippen LogP contribution >= 0.6 is 11.6 Å². The second-order valence-corrected chi connectivity index (χ2v) is 8.02. The third kappa shape index (κ3) is 3.36. The van der Waals surface area contributed by atoms with E-state index in [-0.39, 0.29) is 35.5 Å². The quantitative estimate of drug-likeness (QED) is 0.408. The molecule has 32 heavy (non-hydrogen) atoms. The number of carbonyl (C=O) groups is 1. The van der Waals surface area contributed by atoms with Crippen molar-refractivity contribution in [2.75, 3.05) is 0 Å². The summed E-state index contributed by atoms with van der Waals surface area (Å²) in [5, 5.41) is 28.1. The van der Waals surface area contributed by atoms with Crippen LogP contribution in [0.4, 0.5) is 4.39 Å². The molecule has 1 aromatic heterocycles. The molecule has 160 valence electrons. The Hall–Kier alpha value is -3.84. The monoisotopic (exact) mass is 449 g/mol. The molecule has 0 fully saturated rings. The molecular formula is C24H17ClFN3O3. The molecular weight excluding hydrogens is 433 g/mol. The summed E-state index contributed by atoms with van der Waals surface area (Å²) in [6.07, 6.45) is 0. The van der Waals surface area contributed by atoms with Crippen molar-refractivity contribution in [3.8, 4) is 22.8 Å². The maximum Gasteiger partial charge on any atom is 0.273 e. The van der Waals surface area contributed by atoms with E-state index in [2.05, 4.69) is 10.2 Å². The minimum Gasteiger partial charge on any atom is -0.508 e. The Bertz CT molecular complexity index is 1340. The van der Waals surface area contributed by atoms with Crippen LogP contribution in [0.2, 0.25) is 5.02 Å². The minimum atomic E-state index is -0.596. The van der Waals surface area contributed by atoms with Gasteiger partial charge in [0.2, 0.25) is 0 Å². The number of amides is 1. The van der Waals surface area contributed by atoms with Crippen molar-refractivity contribution < 1.29 is 19.4 Å². The Morgan fingerprint density at radius 3 is 2.59 bits per heavy atom. The standard InChI is InChI=1S/C24H17ClFN3O3/c25-15-6-9-19(31)18(11-15)21-20-22(28-27-21)24(32)29(12-13-4-7-16(26)8-5-13)23(20)14-2-1-3-17(30)10-14/h1-11,23,30-31H,12H2,(H,27,28). The number of aromatic hydroxyl groups is 2. The topological polar surface area (TPSA) is 89.5 Å². The van der Waals surface area contributed by atoms with Crippen LogP contribution in [-0.2, 0) is 6.54 Å². The smallest absolute Gasteiger partial charge is 0.273 e. The zero-order valence-corrected chi connectivity index (χ0v) is 17.3. The summed E-state index contributed by atoms with van der Waals surface area (Å²) in [6.45, 7) is 0.211. The van der Waals surface area contributed by atoms with E-state index >= 15 is 0 Å². The van der Waals surface area contributed by atoms with E-state index in [0.717, 1.165) is 5.56 Å². The Morgan fingerprint density at radius 2 is 1.84 bits per heavy atom. The molecule has 3 N–H and O–H groups in total. The van der Waals surface area contributed by atoms with Crippen LogP contribution < -0.4 is 0 Å². The number of hydrogen-bond donors (Lipinski definition) is 3. The maximum absolute atomic E-state index is 13.4. The van der Waals surface area contributed by atoms with Crippen LogP contribution in [0.5, 0.6) is 11.5 Å². The van der Waals surface area contributed by atoms with E-state index < -0.39 is 6.04 Å². The lowest BCUT2D eigenvalue weighted by Gasteiger charge is -2.26. The summed E-state index contributed by atoms with van der Waals surface area (Å²) >= 11 is 6.15. The van der Waals surface area contributed by atoms with Crippen LogP contribution in [0, 0.1) is 5.82 Å². The summed E-state index contributed by atoms with van der Waals surface area (Å²) in [6, 6.07) is 16.6. The van der Waals surface area contributed by atoms with Crippen molar-refractivity contribution >= 4 is 17.5 Å². The molecule has 0 spiro atoms. The SMILES string of the molecule is O=C1c2[nH]nc(-c3cc(Cl)ccc3O)c2C(c2cccc(O)c2)N1Cc1ccc(F)cc1. The largest absolute Gasteiger partial charge is 0.508 e. The second-order valence-electron chi connectivity index (χ2n) is 7.58. The number of benzene rings is 3. The Balaban J connectivity index is 1.67. The highest BCUT2D eigenvalue weighted by atomic mass is 35.5. The van der Waals surface area contributed by atoms with E-state index in [1.807, 2.05) is 0 Å². The second kappa shape index (κ2) is 7.69. The fourth-order valence-electron chi connectivity index (χ4n) is 4.09. The van der Waals surface area contributed by atoms with Crippen LogP contribution in [-0.4, -0.2) is 31.2 Å². The lowest BCUT2D eigenvalue weighted by molar-refractivity contribution is 0.0730. The molecule has 1 amide bonds. The van der Waals surface area contributed by atoms with Gasteiger partial charge in [0, 0.05) is 22.7 Å². The molecule has 1 unspecified atom stereocenters. The molecule has 1 aliphatic rings. The van der Waals surface area contributed by atoms with Gasteiger partial charge in [0.15, 0.2) is 0 Å². The lowest BCUT2D eigenvalue weighted by Crippen LogP contribution is -2.29. The molecule has 0 saturated carbocycles. The van der Waals surface area contributed by atoms with Gasteiger partial charge in [-0.1, -0.05) is 35.9 Å². The molecule has 2 heterocycles. The van der Waals surface area contributed by atoms with Gasteiger partial charge in [-0.2, -0.15) is 5.10 Å². The van der Waals surface area contributed by atoms with Gasteiger partial charge in [0.25, 0.3) is 5.91 Å². The van der Waals surface area contributed by atoms with Crippen molar-refractivity contribution in [2.45, 2.75) is 12.6 Å². The molecule has 0 aliphatic carbocycles. The molecule has 0 bridgehead atoms. The molecule has 1 atom stereocenters. The first kappa shape index (κ1) is 20.1. The van der Waals surface area contributed by atoms with Crippen molar-refractivity contribution in [3.05, 3.63) is 100.0 Å². The number of phenolic OH excluding ortho intramolecular Hbond substituents is 2. The summed E-state index contributed by atoms with van der Waals surface area (Å²) in [7, 11) is 0. The molecule has 8 heteroatoms. The van der Waals surface area contributed by atoms with Gasteiger partial charge in [-0.05, 0) is 53.6 Å². The van der Waals surface area contributed by atoms with E-state index in [0.29, 0.717) is 27.4 Å². The first-order valence-electron chi connectivity index (χ1n) is 9.84. The zero-order valence-electron chi connectivity index (χ0n) is 16.6. The lowest BCUT2D eigenvalue weighted by atomic mass is 9.95. The minimum absolute atomic E-state index is 0.0252. The average Bonchev–Trinajstić information content (AvgIpc) is 3.31. The van der Waals surface area contributed by atoms with Gasteiger partial charge in [-0.3, -0.25) is 9.89 Å². The van der Waals surface area contributed by atoms with Gasteiger partial charge in [0.05, 0.1) is 6.04 Å². The number of fused-ring (bicyclic) bond motifs is 1. The number of carbonyl (C=O) groups excluding carboxylic acids is 1. The van der Waals surface area contributed by atoms with Crippen molar-refractivity contribution in [3.63, 3.8) is 0 Å². The number of phenols is 2. The van der Waals surface area contributed by atoms with Crippen LogP contribution in [0.25, 0.3) is 11.3 Å². The summed E-state index contributed by atoms with van der Waals surface area (Å²) in [5.41, 5.74) is 3.05.